The minimum absolute atomic E-state index is 0.102. The van der Waals surface area contributed by atoms with E-state index in [-0.39, 0.29) is 25.7 Å². The number of carbonyl (C=O) groups excluding carboxylic acids is 4. The Morgan fingerprint density at radius 1 is 0.310 bits per heavy atom. The Kier molecular flexibility index (Phi) is 71.6. The molecule has 0 aromatic heterocycles. The third-order valence-corrected chi connectivity index (χ3v) is 20.3. The number of unbranched alkanes of at least 4 members (excludes halogenated alkanes) is 48. The van der Waals surface area contributed by atoms with Crippen molar-refractivity contribution in [2.24, 2.45) is 5.92 Å². The maximum absolute atomic E-state index is 13.1. The maximum Gasteiger partial charge on any atom is 0.472 e. The number of phosphoric ester groups is 2. The van der Waals surface area contributed by atoms with E-state index in [1.807, 2.05) is 0 Å². The second kappa shape index (κ2) is 73.4. The van der Waals surface area contributed by atoms with Crippen molar-refractivity contribution in [2.75, 3.05) is 39.6 Å². The summed E-state index contributed by atoms with van der Waals surface area (Å²) >= 11 is 0. The fraction of sp³-hybridized carbons (Fsp3) is 0.901. The van der Waals surface area contributed by atoms with E-state index in [0.29, 0.717) is 25.7 Å². The molecule has 19 heteroatoms. The molecule has 3 N–H and O–H groups in total. The third kappa shape index (κ3) is 73.8. The second-order valence-electron chi connectivity index (χ2n) is 29.0. The molecule has 0 aromatic rings. The number of ether oxygens (including phenoxy) is 4. The smallest absolute Gasteiger partial charge is 0.462 e. The molecular weight excluding hydrogens is 1310 g/mol. The van der Waals surface area contributed by atoms with Gasteiger partial charge in [-0.25, -0.2) is 9.13 Å². The van der Waals surface area contributed by atoms with Gasteiger partial charge in [-0.15, -0.1) is 0 Å². The molecule has 5 atom stereocenters. The summed E-state index contributed by atoms with van der Waals surface area (Å²) in [6.45, 7) is 7.29. The number of hydrogen-bond donors (Lipinski definition) is 3. The fourth-order valence-corrected chi connectivity index (χ4v) is 13.6. The number of allylic oxidation sites excluding steroid dienone is 4. The topological polar surface area (TPSA) is 237 Å². The van der Waals surface area contributed by atoms with Crippen molar-refractivity contribution in [3.05, 3.63) is 24.3 Å². The fourth-order valence-electron chi connectivity index (χ4n) is 12.0. The van der Waals surface area contributed by atoms with Gasteiger partial charge in [-0.2, -0.15) is 0 Å². The third-order valence-electron chi connectivity index (χ3n) is 18.4. The zero-order valence-corrected chi connectivity index (χ0v) is 66.6. The monoisotopic (exact) mass is 1460 g/mol. The van der Waals surface area contributed by atoms with Crippen molar-refractivity contribution in [3.8, 4) is 0 Å². The lowest BCUT2D eigenvalue weighted by atomic mass is 10.0. The molecule has 0 aliphatic heterocycles. The first-order valence-corrected chi connectivity index (χ1v) is 44.4. The Labute approximate surface area is 612 Å². The molecule has 0 saturated carbocycles. The number of hydrogen-bond acceptors (Lipinski definition) is 15. The first-order chi connectivity index (χ1) is 48.5. The van der Waals surface area contributed by atoms with E-state index in [0.717, 1.165) is 115 Å². The predicted octanol–water partition coefficient (Wildman–Crippen LogP) is 24.0. The Balaban J connectivity index is 5.25. The van der Waals surface area contributed by atoms with Crippen molar-refractivity contribution in [2.45, 2.75) is 425 Å². The van der Waals surface area contributed by atoms with E-state index in [1.54, 1.807) is 0 Å². The summed E-state index contributed by atoms with van der Waals surface area (Å²) in [5.41, 5.74) is 0. The zero-order chi connectivity index (χ0) is 73.4. The van der Waals surface area contributed by atoms with Crippen molar-refractivity contribution in [1.29, 1.82) is 0 Å². The van der Waals surface area contributed by atoms with Gasteiger partial charge in [0, 0.05) is 25.7 Å². The SMILES string of the molecule is CCCCCC/C=C\C=C/CCCCCCCC(=O)OC[C@H](COP(=O)(O)OC[C@@H](O)COP(=O)(O)OC[C@@H](COC(=O)CCCCCCCCCCCCC)OC(=O)CCCCCCCCCCCCCCC)OC(=O)CCCCCCCCCCCCCCCCCCCCC(C)C. The van der Waals surface area contributed by atoms with Gasteiger partial charge in [0.2, 0.25) is 0 Å². The maximum atomic E-state index is 13.1. The van der Waals surface area contributed by atoms with E-state index >= 15 is 0 Å². The van der Waals surface area contributed by atoms with Gasteiger partial charge in [0.05, 0.1) is 26.4 Å². The zero-order valence-electron chi connectivity index (χ0n) is 64.8. The largest absolute Gasteiger partial charge is 0.472 e. The molecule has 0 heterocycles. The average molecular weight is 1460 g/mol. The highest BCUT2D eigenvalue weighted by Gasteiger charge is 2.30. The van der Waals surface area contributed by atoms with Crippen LogP contribution < -0.4 is 0 Å². The summed E-state index contributed by atoms with van der Waals surface area (Å²) in [6, 6.07) is 0. The van der Waals surface area contributed by atoms with Crippen LogP contribution >= 0.6 is 15.6 Å². The molecule has 2 unspecified atom stereocenters. The van der Waals surface area contributed by atoms with Crippen LogP contribution in [0.1, 0.15) is 407 Å². The summed E-state index contributed by atoms with van der Waals surface area (Å²) in [7, 11) is -9.93. The molecule has 0 amide bonds. The number of carbonyl (C=O) groups is 4. The number of rotatable bonds is 79. The summed E-state index contributed by atoms with van der Waals surface area (Å²) < 4.78 is 68.6. The molecule has 0 spiro atoms. The van der Waals surface area contributed by atoms with Crippen LogP contribution in [0, 0.1) is 5.92 Å². The molecular formula is C81H154O17P2. The van der Waals surface area contributed by atoms with Gasteiger partial charge in [-0.05, 0) is 57.3 Å². The Morgan fingerprint density at radius 3 is 0.820 bits per heavy atom. The van der Waals surface area contributed by atoms with Crippen LogP contribution in [-0.4, -0.2) is 96.7 Å². The molecule has 17 nitrogen and oxygen atoms in total. The van der Waals surface area contributed by atoms with Gasteiger partial charge in [0.1, 0.15) is 19.3 Å². The molecule has 100 heavy (non-hydrogen) atoms. The van der Waals surface area contributed by atoms with Crippen molar-refractivity contribution in [1.82, 2.24) is 0 Å². The minimum Gasteiger partial charge on any atom is -0.462 e. The van der Waals surface area contributed by atoms with Crippen LogP contribution in [0.25, 0.3) is 0 Å². The van der Waals surface area contributed by atoms with Crippen LogP contribution in [0.4, 0.5) is 0 Å². The molecule has 590 valence electrons. The van der Waals surface area contributed by atoms with Crippen LogP contribution in [0.3, 0.4) is 0 Å². The minimum atomic E-state index is -4.97. The van der Waals surface area contributed by atoms with Crippen molar-refractivity contribution >= 4 is 39.5 Å². The van der Waals surface area contributed by atoms with Gasteiger partial charge < -0.3 is 33.8 Å². The quantitative estimate of drug-likeness (QED) is 0.0169. The molecule has 0 rings (SSSR count). The van der Waals surface area contributed by atoms with Gasteiger partial charge in [-0.1, -0.05) is 354 Å². The lowest BCUT2D eigenvalue weighted by Crippen LogP contribution is -2.30. The van der Waals surface area contributed by atoms with E-state index in [4.69, 9.17) is 37.0 Å². The van der Waals surface area contributed by atoms with Crippen LogP contribution in [0.5, 0.6) is 0 Å². The van der Waals surface area contributed by atoms with Crippen molar-refractivity contribution < 1.29 is 80.2 Å². The molecule has 0 fully saturated rings. The van der Waals surface area contributed by atoms with Gasteiger partial charge in [0.25, 0.3) is 0 Å². The van der Waals surface area contributed by atoms with E-state index in [1.165, 1.54) is 212 Å². The molecule has 0 aromatic carbocycles. The van der Waals surface area contributed by atoms with Crippen molar-refractivity contribution in [3.63, 3.8) is 0 Å². The van der Waals surface area contributed by atoms with Crippen LogP contribution in [0.2, 0.25) is 0 Å². The second-order valence-corrected chi connectivity index (χ2v) is 31.9. The van der Waals surface area contributed by atoms with Gasteiger partial charge in [-0.3, -0.25) is 37.3 Å². The Hall–Kier alpha value is -2.46. The summed E-state index contributed by atoms with van der Waals surface area (Å²) in [5.74, 6) is -1.32. The molecule has 0 aliphatic rings. The highest BCUT2D eigenvalue weighted by atomic mass is 31.2. The Bertz CT molecular complexity index is 2000. The molecule has 0 bridgehead atoms. The molecule has 0 aliphatic carbocycles. The van der Waals surface area contributed by atoms with Gasteiger partial charge >= 0.3 is 39.5 Å². The predicted molar refractivity (Wildman–Crippen MR) is 409 cm³/mol. The van der Waals surface area contributed by atoms with E-state index in [9.17, 15) is 43.2 Å². The number of esters is 4. The highest BCUT2D eigenvalue weighted by Crippen LogP contribution is 2.45. The standard InChI is InChI=1S/C81H154O17P2/c1-6-9-12-15-18-21-24-26-31-36-40-45-50-55-60-65-79(84)92-71-77(98-81(86)67-62-57-52-47-42-37-33-30-28-27-29-32-35-39-43-48-53-58-63-74(4)5)73-96-100(89,90)94-69-75(82)68-93-99(87,88)95-72-76(70-91-78(83)64-59-54-49-44-38-23-20-17-14-11-8-3)97-80(85)66-61-56-51-46-41-34-25-22-19-16-13-10-7-2/h21,24,26,31,74-77,82H,6-20,22-23,25,27-30,32-73H2,1-5H3,(H,87,88)(H,89,90)/b24-21-,31-26-/t75-,76+,77+/m0/s1. The highest BCUT2D eigenvalue weighted by molar-refractivity contribution is 7.47. The van der Waals surface area contributed by atoms with Crippen LogP contribution in [-0.2, 0) is 65.4 Å². The summed E-state index contributed by atoms with van der Waals surface area (Å²) in [5, 5.41) is 10.6. The van der Waals surface area contributed by atoms with Crippen LogP contribution in [0.15, 0.2) is 24.3 Å². The lowest BCUT2D eigenvalue weighted by Gasteiger charge is -2.21. The summed E-state index contributed by atoms with van der Waals surface area (Å²) in [4.78, 5) is 73.0. The van der Waals surface area contributed by atoms with E-state index < -0.39 is 97.5 Å². The average Bonchev–Trinajstić information content (AvgIpc) is 1.06. The Morgan fingerprint density at radius 2 is 0.540 bits per heavy atom. The lowest BCUT2D eigenvalue weighted by molar-refractivity contribution is -0.161. The first-order valence-electron chi connectivity index (χ1n) is 41.5. The molecule has 0 radical (unpaired) electrons. The molecule has 0 saturated heterocycles. The normalized spacial score (nSPS) is 14.0. The first kappa shape index (κ1) is 97.5. The number of phosphoric acid groups is 2. The summed E-state index contributed by atoms with van der Waals surface area (Å²) in [6.07, 6.45) is 67.3. The number of aliphatic hydroxyl groups is 1. The van der Waals surface area contributed by atoms with E-state index in [2.05, 4.69) is 58.9 Å². The van der Waals surface area contributed by atoms with Gasteiger partial charge in [0.15, 0.2) is 12.2 Å². The number of aliphatic hydroxyl groups excluding tert-OH is 1.